The van der Waals surface area contributed by atoms with Gasteiger partial charge >= 0.3 is 0 Å². The molecule has 0 bridgehead atoms. The molecule has 1 aliphatic carbocycles. The average molecular weight is 246 g/mol. The maximum absolute atomic E-state index is 11.9. The molecule has 0 aliphatic heterocycles. The summed E-state index contributed by atoms with van der Waals surface area (Å²) in [5.74, 6) is 0.123. The number of nitrogens with one attached hydrogen (secondary N) is 2. The third-order valence-corrected chi connectivity index (χ3v) is 3.55. The molecule has 0 spiro atoms. The topological polar surface area (TPSA) is 41.1 Å². The minimum atomic E-state index is -0.134. The van der Waals surface area contributed by atoms with Crippen molar-refractivity contribution in [3.05, 3.63) is 35.9 Å². The Labute approximate surface area is 109 Å². The molecule has 1 atom stereocenters. The lowest BCUT2D eigenvalue weighted by Crippen LogP contribution is -2.45. The SMILES string of the molecule is CC(NCc1ccccc1)C(=O)NC1CCCC1. The summed E-state index contributed by atoms with van der Waals surface area (Å²) in [6, 6.07) is 10.4. The van der Waals surface area contributed by atoms with Crippen LogP contribution in [0, 0.1) is 0 Å². The first-order valence-corrected chi connectivity index (χ1v) is 6.83. The fourth-order valence-electron chi connectivity index (χ4n) is 2.36. The van der Waals surface area contributed by atoms with Crippen molar-refractivity contribution >= 4 is 5.91 Å². The molecule has 1 aromatic carbocycles. The lowest BCUT2D eigenvalue weighted by molar-refractivity contribution is -0.123. The number of rotatable bonds is 5. The van der Waals surface area contributed by atoms with Crippen molar-refractivity contribution in [1.29, 1.82) is 0 Å². The van der Waals surface area contributed by atoms with Crippen molar-refractivity contribution in [2.45, 2.75) is 51.2 Å². The summed E-state index contributed by atoms with van der Waals surface area (Å²) in [6.45, 7) is 2.66. The molecule has 0 aromatic heterocycles. The van der Waals surface area contributed by atoms with E-state index in [0.29, 0.717) is 6.04 Å². The van der Waals surface area contributed by atoms with Crippen LogP contribution in [0.1, 0.15) is 38.2 Å². The highest BCUT2D eigenvalue weighted by molar-refractivity contribution is 5.81. The van der Waals surface area contributed by atoms with Crippen molar-refractivity contribution in [2.24, 2.45) is 0 Å². The van der Waals surface area contributed by atoms with Gasteiger partial charge in [0.05, 0.1) is 6.04 Å². The van der Waals surface area contributed by atoms with Crippen LogP contribution in [0.25, 0.3) is 0 Å². The Bertz CT molecular complexity index is 371. The molecule has 1 amide bonds. The van der Waals surface area contributed by atoms with Crippen LogP contribution in [-0.2, 0) is 11.3 Å². The van der Waals surface area contributed by atoms with E-state index in [1.165, 1.54) is 18.4 Å². The molecule has 1 unspecified atom stereocenters. The minimum Gasteiger partial charge on any atom is -0.352 e. The summed E-state index contributed by atoms with van der Waals surface area (Å²) in [5, 5.41) is 6.37. The molecular formula is C15H22N2O. The monoisotopic (exact) mass is 246 g/mol. The van der Waals surface area contributed by atoms with Crippen LogP contribution in [0.2, 0.25) is 0 Å². The molecule has 1 aliphatic rings. The van der Waals surface area contributed by atoms with Gasteiger partial charge in [-0.2, -0.15) is 0 Å². The predicted octanol–water partition coefficient (Wildman–Crippen LogP) is 2.22. The smallest absolute Gasteiger partial charge is 0.237 e. The Balaban J connectivity index is 1.73. The second-order valence-corrected chi connectivity index (χ2v) is 5.08. The number of carbonyl (C=O) groups excluding carboxylic acids is 1. The standard InChI is InChI=1S/C15H22N2O/c1-12(15(18)17-14-9-5-6-10-14)16-11-13-7-3-2-4-8-13/h2-4,7-8,12,14,16H,5-6,9-11H2,1H3,(H,17,18). The Hall–Kier alpha value is -1.35. The summed E-state index contributed by atoms with van der Waals surface area (Å²) < 4.78 is 0. The van der Waals surface area contributed by atoms with Gasteiger partial charge in [-0.1, -0.05) is 43.2 Å². The molecule has 3 heteroatoms. The molecule has 2 rings (SSSR count). The maximum Gasteiger partial charge on any atom is 0.237 e. The third kappa shape index (κ3) is 3.84. The van der Waals surface area contributed by atoms with Gasteiger partial charge in [-0.3, -0.25) is 4.79 Å². The first-order chi connectivity index (χ1) is 8.75. The number of carbonyl (C=O) groups is 1. The molecule has 18 heavy (non-hydrogen) atoms. The van der Waals surface area contributed by atoms with Gasteiger partial charge in [0, 0.05) is 12.6 Å². The van der Waals surface area contributed by atoms with E-state index in [-0.39, 0.29) is 11.9 Å². The second-order valence-electron chi connectivity index (χ2n) is 5.08. The van der Waals surface area contributed by atoms with Gasteiger partial charge in [-0.25, -0.2) is 0 Å². The molecule has 3 nitrogen and oxygen atoms in total. The minimum absolute atomic E-state index is 0.123. The Kier molecular flexibility index (Phi) is 4.76. The van der Waals surface area contributed by atoms with Crippen molar-refractivity contribution < 1.29 is 4.79 Å². The zero-order chi connectivity index (χ0) is 12.8. The van der Waals surface area contributed by atoms with Crippen LogP contribution >= 0.6 is 0 Å². The Morgan fingerprint density at radius 2 is 1.94 bits per heavy atom. The number of hydrogen-bond donors (Lipinski definition) is 2. The Morgan fingerprint density at radius 3 is 2.61 bits per heavy atom. The summed E-state index contributed by atoms with van der Waals surface area (Å²) in [6.07, 6.45) is 4.77. The molecule has 98 valence electrons. The van der Waals surface area contributed by atoms with Crippen LogP contribution in [0.3, 0.4) is 0 Å². The highest BCUT2D eigenvalue weighted by Crippen LogP contribution is 2.17. The molecule has 1 aromatic rings. The largest absolute Gasteiger partial charge is 0.352 e. The van der Waals surface area contributed by atoms with Gasteiger partial charge in [0.2, 0.25) is 5.91 Å². The van der Waals surface area contributed by atoms with Crippen molar-refractivity contribution in [2.75, 3.05) is 0 Å². The van der Waals surface area contributed by atoms with E-state index in [4.69, 9.17) is 0 Å². The average Bonchev–Trinajstić information content (AvgIpc) is 2.90. The van der Waals surface area contributed by atoms with Crippen LogP contribution < -0.4 is 10.6 Å². The molecular weight excluding hydrogens is 224 g/mol. The maximum atomic E-state index is 11.9. The summed E-state index contributed by atoms with van der Waals surface area (Å²) in [4.78, 5) is 11.9. The van der Waals surface area contributed by atoms with E-state index in [0.717, 1.165) is 19.4 Å². The lowest BCUT2D eigenvalue weighted by Gasteiger charge is -2.17. The number of benzene rings is 1. The van der Waals surface area contributed by atoms with Crippen LogP contribution in [0.15, 0.2) is 30.3 Å². The summed E-state index contributed by atoms with van der Waals surface area (Å²) in [7, 11) is 0. The van der Waals surface area contributed by atoms with Crippen molar-refractivity contribution in [3.63, 3.8) is 0 Å². The second kappa shape index (κ2) is 6.55. The van der Waals surface area contributed by atoms with Gasteiger partial charge in [0.1, 0.15) is 0 Å². The van der Waals surface area contributed by atoms with Crippen LogP contribution in [0.4, 0.5) is 0 Å². The quantitative estimate of drug-likeness (QED) is 0.836. The number of amides is 1. The van der Waals surface area contributed by atoms with Gasteiger partial charge < -0.3 is 10.6 Å². The summed E-state index contributed by atoms with van der Waals surface area (Å²) in [5.41, 5.74) is 1.21. The molecule has 1 saturated carbocycles. The molecule has 0 heterocycles. The lowest BCUT2D eigenvalue weighted by atomic mass is 10.2. The molecule has 1 fully saturated rings. The van der Waals surface area contributed by atoms with E-state index in [1.54, 1.807) is 0 Å². The molecule has 0 radical (unpaired) electrons. The fraction of sp³-hybridized carbons (Fsp3) is 0.533. The van der Waals surface area contributed by atoms with E-state index in [2.05, 4.69) is 22.8 Å². The van der Waals surface area contributed by atoms with Gasteiger partial charge in [-0.05, 0) is 25.3 Å². The van der Waals surface area contributed by atoms with E-state index in [9.17, 15) is 4.79 Å². The highest BCUT2D eigenvalue weighted by atomic mass is 16.2. The van der Waals surface area contributed by atoms with E-state index >= 15 is 0 Å². The number of hydrogen-bond acceptors (Lipinski definition) is 2. The highest BCUT2D eigenvalue weighted by Gasteiger charge is 2.20. The van der Waals surface area contributed by atoms with E-state index in [1.807, 2.05) is 25.1 Å². The first kappa shape index (κ1) is 13.1. The third-order valence-electron chi connectivity index (χ3n) is 3.55. The van der Waals surface area contributed by atoms with Crippen molar-refractivity contribution in [1.82, 2.24) is 10.6 Å². The Morgan fingerprint density at radius 1 is 1.28 bits per heavy atom. The predicted molar refractivity (Wildman–Crippen MR) is 73.1 cm³/mol. The molecule has 0 saturated heterocycles. The zero-order valence-electron chi connectivity index (χ0n) is 11.0. The zero-order valence-corrected chi connectivity index (χ0v) is 11.0. The normalized spacial score (nSPS) is 17.6. The van der Waals surface area contributed by atoms with Gasteiger partial charge in [-0.15, -0.1) is 0 Å². The van der Waals surface area contributed by atoms with Crippen LogP contribution in [-0.4, -0.2) is 18.0 Å². The van der Waals surface area contributed by atoms with E-state index < -0.39 is 0 Å². The molecule has 2 N–H and O–H groups in total. The summed E-state index contributed by atoms with van der Waals surface area (Å²) >= 11 is 0. The van der Waals surface area contributed by atoms with Crippen LogP contribution in [0.5, 0.6) is 0 Å². The first-order valence-electron chi connectivity index (χ1n) is 6.83. The van der Waals surface area contributed by atoms with Gasteiger partial charge in [0.25, 0.3) is 0 Å². The van der Waals surface area contributed by atoms with Crippen molar-refractivity contribution in [3.8, 4) is 0 Å². The fourth-order valence-corrected chi connectivity index (χ4v) is 2.36. The van der Waals surface area contributed by atoms with Gasteiger partial charge in [0.15, 0.2) is 0 Å².